The Kier molecular flexibility index (Phi) is 7.26. The van der Waals surface area contributed by atoms with Gasteiger partial charge in [0.1, 0.15) is 11.5 Å². The molecule has 0 unspecified atom stereocenters. The Labute approximate surface area is 110 Å². The lowest BCUT2D eigenvalue weighted by atomic mass is 10.1. The van der Waals surface area contributed by atoms with Crippen molar-refractivity contribution in [1.82, 2.24) is 5.32 Å². The van der Waals surface area contributed by atoms with E-state index in [2.05, 4.69) is 12.2 Å². The quantitative estimate of drug-likeness (QED) is 0.683. The number of hydrogen-bond donors (Lipinski definition) is 1. The number of hydrogen-bond acceptors (Lipinski definition) is 3. The first-order chi connectivity index (χ1) is 8.83. The Morgan fingerprint density at radius 3 is 2.22 bits per heavy atom. The molecule has 102 valence electrons. The third-order valence-corrected chi connectivity index (χ3v) is 3.04. The maximum atomic E-state index is 5.36. The van der Waals surface area contributed by atoms with Crippen molar-refractivity contribution in [2.45, 2.75) is 39.2 Å². The highest BCUT2D eigenvalue weighted by atomic mass is 16.5. The average molecular weight is 251 g/mol. The van der Waals surface area contributed by atoms with Crippen LogP contribution in [-0.4, -0.2) is 20.8 Å². The molecule has 0 saturated heterocycles. The van der Waals surface area contributed by atoms with E-state index in [9.17, 15) is 0 Å². The minimum atomic E-state index is 0.791. The highest BCUT2D eigenvalue weighted by molar-refractivity contribution is 5.44. The summed E-state index contributed by atoms with van der Waals surface area (Å²) in [5, 5.41) is 3.45. The summed E-state index contributed by atoms with van der Waals surface area (Å²) in [4.78, 5) is 0. The summed E-state index contributed by atoms with van der Waals surface area (Å²) in [5.74, 6) is 1.77. The molecule has 0 aliphatic carbocycles. The van der Waals surface area contributed by atoms with Crippen LogP contribution in [0.5, 0.6) is 11.5 Å². The largest absolute Gasteiger partial charge is 0.496 e. The van der Waals surface area contributed by atoms with E-state index in [0.29, 0.717) is 0 Å². The van der Waals surface area contributed by atoms with Crippen molar-refractivity contribution >= 4 is 0 Å². The molecule has 1 rings (SSSR count). The van der Waals surface area contributed by atoms with Crippen LogP contribution in [-0.2, 0) is 6.54 Å². The van der Waals surface area contributed by atoms with Gasteiger partial charge in [0, 0.05) is 12.1 Å². The fourth-order valence-corrected chi connectivity index (χ4v) is 1.99. The summed E-state index contributed by atoms with van der Waals surface area (Å²) >= 11 is 0. The first kappa shape index (κ1) is 14.8. The maximum Gasteiger partial charge on any atom is 0.127 e. The van der Waals surface area contributed by atoms with Gasteiger partial charge in [-0.3, -0.25) is 0 Å². The molecular formula is C15H25NO2. The van der Waals surface area contributed by atoms with Crippen LogP contribution in [0.3, 0.4) is 0 Å². The second-order valence-corrected chi connectivity index (χ2v) is 4.38. The van der Waals surface area contributed by atoms with E-state index in [0.717, 1.165) is 30.2 Å². The van der Waals surface area contributed by atoms with Gasteiger partial charge >= 0.3 is 0 Å². The molecule has 0 aliphatic rings. The van der Waals surface area contributed by atoms with E-state index in [-0.39, 0.29) is 0 Å². The Hall–Kier alpha value is -1.22. The molecule has 0 heterocycles. The number of ether oxygens (including phenoxy) is 2. The fraction of sp³-hybridized carbons (Fsp3) is 0.600. The van der Waals surface area contributed by atoms with Gasteiger partial charge in [0.25, 0.3) is 0 Å². The van der Waals surface area contributed by atoms with E-state index in [4.69, 9.17) is 9.47 Å². The van der Waals surface area contributed by atoms with E-state index < -0.39 is 0 Å². The van der Waals surface area contributed by atoms with Crippen LogP contribution < -0.4 is 14.8 Å². The predicted octanol–water partition coefficient (Wildman–Crippen LogP) is 3.37. The van der Waals surface area contributed by atoms with Crippen molar-refractivity contribution < 1.29 is 9.47 Å². The minimum absolute atomic E-state index is 0.791. The van der Waals surface area contributed by atoms with Crippen LogP contribution in [0.1, 0.15) is 38.2 Å². The number of unbranched alkanes of at least 4 members (excludes halogenated alkanes) is 3. The molecule has 1 aromatic rings. The third-order valence-electron chi connectivity index (χ3n) is 3.04. The molecule has 0 amide bonds. The SMILES string of the molecule is CCCCCCNCc1c(OC)cccc1OC. The molecule has 0 radical (unpaired) electrons. The monoisotopic (exact) mass is 251 g/mol. The van der Waals surface area contributed by atoms with Gasteiger partial charge in [0.2, 0.25) is 0 Å². The molecule has 1 N–H and O–H groups in total. The van der Waals surface area contributed by atoms with Crippen molar-refractivity contribution in [2.24, 2.45) is 0 Å². The van der Waals surface area contributed by atoms with Crippen molar-refractivity contribution in [2.75, 3.05) is 20.8 Å². The zero-order valence-corrected chi connectivity index (χ0v) is 11.8. The summed E-state index contributed by atoms with van der Waals surface area (Å²) in [7, 11) is 3.39. The van der Waals surface area contributed by atoms with Gasteiger partial charge in [0.15, 0.2) is 0 Å². The van der Waals surface area contributed by atoms with Gasteiger partial charge in [-0.1, -0.05) is 32.3 Å². The maximum absolute atomic E-state index is 5.36. The van der Waals surface area contributed by atoms with E-state index in [1.165, 1.54) is 25.7 Å². The van der Waals surface area contributed by atoms with Gasteiger partial charge in [-0.2, -0.15) is 0 Å². The predicted molar refractivity (Wildman–Crippen MR) is 75.4 cm³/mol. The second kappa shape index (κ2) is 8.81. The molecule has 1 aromatic carbocycles. The van der Waals surface area contributed by atoms with E-state index in [1.807, 2.05) is 18.2 Å². The highest BCUT2D eigenvalue weighted by Gasteiger charge is 2.08. The molecule has 18 heavy (non-hydrogen) atoms. The summed E-state index contributed by atoms with van der Waals surface area (Å²) < 4.78 is 10.7. The lowest BCUT2D eigenvalue weighted by Crippen LogP contribution is -2.16. The molecule has 0 spiro atoms. The fourth-order valence-electron chi connectivity index (χ4n) is 1.99. The Morgan fingerprint density at radius 1 is 1.00 bits per heavy atom. The summed E-state index contributed by atoms with van der Waals surface area (Å²) in [6.45, 7) is 4.06. The summed E-state index contributed by atoms with van der Waals surface area (Å²) in [5.41, 5.74) is 1.10. The molecule has 0 atom stereocenters. The van der Waals surface area contributed by atoms with Crippen LogP contribution in [0, 0.1) is 0 Å². The van der Waals surface area contributed by atoms with Crippen LogP contribution in [0.25, 0.3) is 0 Å². The summed E-state index contributed by atoms with van der Waals surface area (Å²) in [6.07, 6.45) is 5.12. The Morgan fingerprint density at radius 2 is 1.67 bits per heavy atom. The lowest BCUT2D eigenvalue weighted by molar-refractivity contribution is 0.382. The van der Waals surface area contributed by atoms with Gasteiger partial charge in [0.05, 0.1) is 14.2 Å². The number of benzene rings is 1. The van der Waals surface area contributed by atoms with Gasteiger partial charge in [-0.05, 0) is 25.1 Å². The van der Waals surface area contributed by atoms with E-state index in [1.54, 1.807) is 14.2 Å². The Balaban J connectivity index is 2.45. The first-order valence-corrected chi connectivity index (χ1v) is 6.74. The average Bonchev–Trinajstić information content (AvgIpc) is 2.42. The van der Waals surface area contributed by atoms with Gasteiger partial charge in [-0.15, -0.1) is 0 Å². The van der Waals surface area contributed by atoms with Crippen molar-refractivity contribution in [1.29, 1.82) is 0 Å². The summed E-state index contributed by atoms with van der Waals surface area (Å²) in [6, 6.07) is 5.88. The normalized spacial score (nSPS) is 10.4. The molecule has 0 fully saturated rings. The standard InChI is InChI=1S/C15H25NO2/c1-4-5-6-7-11-16-12-13-14(17-2)9-8-10-15(13)18-3/h8-10,16H,4-7,11-12H2,1-3H3. The second-order valence-electron chi connectivity index (χ2n) is 4.38. The van der Waals surface area contributed by atoms with Crippen LogP contribution in [0.4, 0.5) is 0 Å². The third kappa shape index (κ3) is 4.57. The zero-order chi connectivity index (χ0) is 13.2. The molecule has 3 heteroatoms. The molecule has 0 bridgehead atoms. The van der Waals surface area contributed by atoms with Gasteiger partial charge < -0.3 is 14.8 Å². The first-order valence-electron chi connectivity index (χ1n) is 6.74. The van der Waals surface area contributed by atoms with Gasteiger partial charge in [-0.25, -0.2) is 0 Å². The Bertz CT molecular complexity index is 317. The molecule has 0 saturated carbocycles. The van der Waals surface area contributed by atoms with Crippen molar-refractivity contribution in [3.05, 3.63) is 23.8 Å². The van der Waals surface area contributed by atoms with Crippen molar-refractivity contribution in [3.63, 3.8) is 0 Å². The van der Waals surface area contributed by atoms with Crippen molar-refractivity contribution in [3.8, 4) is 11.5 Å². The molecule has 3 nitrogen and oxygen atoms in total. The number of rotatable bonds is 9. The van der Waals surface area contributed by atoms with E-state index >= 15 is 0 Å². The lowest BCUT2D eigenvalue weighted by Gasteiger charge is -2.13. The number of nitrogens with one attached hydrogen (secondary N) is 1. The molecule has 0 aliphatic heterocycles. The number of methoxy groups -OCH3 is 2. The van der Waals surface area contributed by atoms with Crippen LogP contribution in [0.2, 0.25) is 0 Å². The molecular weight excluding hydrogens is 226 g/mol. The van der Waals surface area contributed by atoms with Crippen LogP contribution >= 0.6 is 0 Å². The zero-order valence-electron chi connectivity index (χ0n) is 11.8. The topological polar surface area (TPSA) is 30.5 Å². The van der Waals surface area contributed by atoms with Crippen LogP contribution in [0.15, 0.2) is 18.2 Å². The smallest absolute Gasteiger partial charge is 0.127 e. The molecule has 0 aromatic heterocycles. The highest BCUT2D eigenvalue weighted by Crippen LogP contribution is 2.27. The minimum Gasteiger partial charge on any atom is -0.496 e.